The van der Waals surface area contributed by atoms with Gasteiger partial charge in [-0.25, -0.2) is 0 Å². The van der Waals surface area contributed by atoms with Crippen LogP contribution in [0.25, 0.3) is 0 Å². The molecule has 3 rings (SSSR count). The minimum absolute atomic E-state index is 0.0530. The topological polar surface area (TPSA) is 64.3 Å². The van der Waals surface area contributed by atoms with Crippen LogP contribution < -0.4 is 0 Å². The Labute approximate surface area is 118 Å². The molecule has 1 amide bonds. The van der Waals surface area contributed by atoms with Crippen LogP contribution in [0, 0.1) is 17.2 Å². The summed E-state index contributed by atoms with van der Waals surface area (Å²) in [6, 6.07) is 12.0. The molecular formula is C16H18N2O2. The highest BCUT2D eigenvalue weighted by molar-refractivity contribution is 5.89. The van der Waals surface area contributed by atoms with Crippen molar-refractivity contribution < 1.29 is 9.90 Å². The lowest BCUT2D eigenvalue weighted by Gasteiger charge is -2.50. The number of aliphatic hydroxyl groups is 1. The minimum Gasteiger partial charge on any atom is -0.393 e. The predicted molar refractivity (Wildman–Crippen MR) is 73.4 cm³/mol. The lowest BCUT2D eigenvalue weighted by atomic mass is 9.79. The molecule has 4 nitrogen and oxygen atoms in total. The van der Waals surface area contributed by atoms with Crippen molar-refractivity contribution in [3.8, 4) is 6.07 Å². The van der Waals surface area contributed by atoms with Gasteiger partial charge in [0.05, 0.1) is 18.2 Å². The van der Waals surface area contributed by atoms with Gasteiger partial charge in [-0.15, -0.1) is 0 Å². The molecule has 1 aromatic rings. The highest BCUT2D eigenvalue weighted by atomic mass is 16.3. The molecule has 2 aliphatic rings. The summed E-state index contributed by atoms with van der Waals surface area (Å²) in [6.45, 7) is 0. The third-order valence-electron chi connectivity index (χ3n) is 4.48. The molecule has 2 fully saturated rings. The standard InChI is InChI=1S/C16H18N2O2/c17-10-14-15(11-4-2-1-3-5-11)18(16(14)20)12-6-8-13(19)9-7-12/h1-5,12-15,19H,6-9H2/t12?,13?,14-,15-/m1/s1. The van der Waals surface area contributed by atoms with E-state index in [1.807, 2.05) is 35.2 Å². The Hall–Kier alpha value is -1.86. The quantitative estimate of drug-likeness (QED) is 0.836. The van der Waals surface area contributed by atoms with E-state index in [4.69, 9.17) is 0 Å². The Morgan fingerprint density at radius 3 is 2.40 bits per heavy atom. The third-order valence-corrected chi connectivity index (χ3v) is 4.48. The van der Waals surface area contributed by atoms with E-state index in [1.54, 1.807) is 0 Å². The van der Waals surface area contributed by atoms with Crippen molar-refractivity contribution in [2.45, 2.75) is 43.9 Å². The normalized spacial score (nSPS) is 33.4. The van der Waals surface area contributed by atoms with Crippen LogP contribution in [0.15, 0.2) is 30.3 Å². The zero-order valence-electron chi connectivity index (χ0n) is 11.3. The maximum atomic E-state index is 12.2. The molecule has 1 saturated carbocycles. The number of carbonyl (C=O) groups is 1. The second kappa shape index (κ2) is 5.26. The monoisotopic (exact) mass is 270 g/mol. The lowest BCUT2D eigenvalue weighted by Crippen LogP contribution is -2.59. The molecule has 1 N–H and O–H groups in total. The molecule has 1 saturated heterocycles. The van der Waals surface area contributed by atoms with Crippen LogP contribution in [0.2, 0.25) is 0 Å². The molecule has 0 unspecified atom stereocenters. The van der Waals surface area contributed by atoms with Gasteiger partial charge in [-0.2, -0.15) is 5.26 Å². The Morgan fingerprint density at radius 2 is 1.80 bits per heavy atom. The fourth-order valence-corrected chi connectivity index (χ4v) is 3.38. The molecule has 0 aromatic heterocycles. The summed E-state index contributed by atoms with van der Waals surface area (Å²) >= 11 is 0. The van der Waals surface area contributed by atoms with Crippen LogP contribution in [-0.4, -0.2) is 28.1 Å². The fraction of sp³-hybridized carbons (Fsp3) is 0.500. The average molecular weight is 270 g/mol. The Balaban J connectivity index is 1.82. The van der Waals surface area contributed by atoms with Crippen molar-refractivity contribution in [2.75, 3.05) is 0 Å². The number of nitrogens with zero attached hydrogens (tertiary/aromatic N) is 2. The zero-order valence-corrected chi connectivity index (χ0v) is 11.3. The van der Waals surface area contributed by atoms with Gasteiger partial charge in [-0.05, 0) is 31.2 Å². The summed E-state index contributed by atoms with van der Waals surface area (Å²) in [5.74, 6) is -0.605. The van der Waals surface area contributed by atoms with Crippen LogP contribution in [0.5, 0.6) is 0 Å². The number of benzene rings is 1. The smallest absolute Gasteiger partial charge is 0.243 e. The van der Waals surface area contributed by atoms with Crippen molar-refractivity contribution in [2.24, 2.45) is 5.92 Å². The number of nitriles is 1. The highest BCUT2D eigenvalue weighted by Gasteiger charge is 2.51. The van der Waals surface area contributed by atoms with Gasteiger partial charge in [0.2, 0.25) is 5.91 Å². The van der Waals surface area contributed by atoms with E-state index in [2.05, 4.69) is 6.07 Å². The molecule has 0 radical (unpaired) electrons. The molecular weight excluding hydrogens is 252 g/mol. The second-order valence-corrected chi connectivity index (χ2v) is 5.67. The Bertz CT molecular complexity index is 529. The van der Waals surface area contributed by atoms with Gasteiger partial charge in [-0.3, -0.25) is 4.79 Å². The number of rotatable bonds is 2. The number of likely N-dealkylation sites (tertiary alicyclic amines) is 1. The first kappa shape index (κ1) is 13.1. The molecule has 0 bridgehead atoms. The second-order valence-electron chi connectivity index (χ2n) is 5.67. The first-order valence-corrected chi connectivity index (χ1v) is 7.17. The first-order chi connectivity index (χ1) is 9.72. The molecule has 4 heteroatoms. The molecule has 2 atom stereocenters. The van der Waals surface area contributed by atoms with Crippen LogP contribution in [0.4, 0.5) is 0 Å². The summed E-state index contributed by atoms with van der Waals surface area (Å²) < 4.78 is 0. The zero-order chi connectivity index (χ0) is 14.1. The van der Waals surface area contributed by atoms with Crippen molar-refractivity contribution >= 4 is 5.91 Å². The van der Waals surface area contributed by atoms with Gasteiger partial charge in [-0.1, -0.05) is 30.3 Å². The number of carbonyl (C=O) groups excluding carboxylic acids is 1. The molecule has 0 spiro atoms. The summed E-state index contributed by atoms with van der Waals surface area (Å²) in [5, 5.41) is 18.8. The average Bonchev–Trinajstić information content (AvgIpc) is 2.48. The summed E-state index contributed by atoms with van der Waals surface area (Å²) in [4.78, 5) is 14.1. The summed E-state index contributed by atoms with van der Waals surface area (Å²) in [7, 11) is 0. The number of hydrogen-bond acceptors (Lipinski definition) is 3. The number of β-lactam (4-membered cyclic amide) rings is 1. The van der Waals surface area contributed by atoms with E-state index in [0.29, 0.717) is 0 Å². The SMILES string of the molecule is N#C[C@H]1C(=O)N(C2CCC(O)CC2)[C@@H]1c1ccccc1. The van der Waals surface area contributed by atoms with Gasteiger partial charge < -0.3 is 10.0 Å². The van der Waals surface area contributed by atoms with Gasteiger partial charge in [0, 0.05) is 6.04 Å². The lowest BCUT2D eigenvalue weighted by molar-refractivity contribution is -0.159. The summed E-state index contributed by atoms with van der Waals surface area (Å²) in [5.41, 5.74) is 1.03. The van der Waals surface area contributed by atoms with Gasteiger partial charge in [0.25, 0.3) is 0 Å². The molecule has 1 aliphatic carbocycles. The molecule has 1 aliphatic heterocycles. The maximum absolute atomic E-state index is 12.2. The van der Waals surface area contributed by atoms with Crippen LogP contribution >= 0.6 is 0 Å². The van der Waals surface area contributed by atoms with E-state index < -0.39 is 5.92 Å². The van der Waals surface area contributed by atoms with Crippen molar-refractivity contribution in [1.82, 2.24) is 4.90 Å². The maximum Gasteiger partial charge on any atom is 0.243 e. The number of hydrogen-bond donors (Lipinski definition) is 1. The molecule has 104 valence electrons. The third kappa shape index (κ3) is 2.08. The van der Waals surface area contributed by atoms with Crippen molar-refractivity contribution in [1.29, 1.82) is 5.26 Å². The van der Waals surface area contributed by atoms with E-state index in [9.17, 15) is 15.2 Å². The van der Waals surface area contributed by atoms with E-state index in [0.717, 1.165) is 31.2 Å². The van der Waals surface area contributed by atoms with Crippen molar-refractivity contribution in [3.63, 3.8) is 0 Å². The van der Waals surface area contributed by atoms with E-state index >= 15 is 0 Å². The molecule has 1 heterocycles. The minimum atomic E-state index is -0.552. The Kier molecular flexibility index (Phi) is 3.45. The first-order valence-electron chi connectivity index (χ1n) is 7.17. The summed E-state index contributed by atoms with van der Waals surface area (Å²) in [6.07, 6.45) is 2.91. The van der Waals surface area contributed by atoms with Gasteiger partial charge in [0.1, 0.15) is 5.92 Å². The molecule has 1 aromatic carbocycles. The van der Waals surface area contributed by atoms with Crippen LogP contribution in [0.1, 0.15) is 37.3 Å². The predicted octanol–water partition coefficient (Wildman–Crippen LogP) is 2.01. The number of aliphatic hydroxyl groups excluding tert-OH is 1. The fourth-order valence-electron chi connectivity index (χ4n) is 3.38. The molecule has 20 heavy (non-hydrogen) atoms. The van der Waals surface area contributed by atoms with Gasteiger partial charge >= 0.3 is 0 Å². The largest absolute Gasteiger partial charge is 0.393 e. The van der Waals surface area contributed by atoms with E-state index in [1.165, 1.54) is 0 Å². The highest BCUT2D eigenvalue weighted by Crippen LogP contribution is 2.43. The van der Waals surface area contributed by atoms with Crippen LogP contribution in [-0.2, 0) is 4.79 Å². The van der Waals surface area contributed by atoms with Crippen LogP contribution in [0.3, 0.4) is 0 Å². The van der Waals surface area contributed by atoms with Gasteiger partial charge in [0.15, 0.2) is 0 Å². The van der Waals surface area contributed by atoms with Crippen molar-refractivity contribution in [3.05, 3.63) is 35.9 Å². The number of amides is 1. The Morgan fingerprint density at radius 1 is 1.15 bits per heavy atom. The van der Waals surface area contributed by atoms with E-state index in [-0.39, 0.29) is 24.1 Å².